The Kier molecular flexibility index (Phi) is 8.28. The van der Waals surface area contributed by atoms with Crippen LogP contribution in [0.25, 0.3) is 0 Å². The Balaban J connectivity index is 0.00000312. The summed E-state index contributed by atoms with van der Waals surface area (Å²) in [5, 5.41) is 0. The van der Waals surface area contributed by atoms with E-state index >= 15 is 0 Å². The van der Waals surface area contributed by atoms with E-state index < -0.39 is 0 Å². The lowest BCUT2D eigenvalue weighted by molar-refractivity contribution is 0.0138. The van der Waals surface area contributed by atoms with Gasteiger partial charge in [-0.25, -0.2) is 0 Å². The summed E-state index contributed by atoms with van der Waals surface area (Å²) in [4.78, 5) is 14.8. The number of nitrogens with zero attached hydrogens (tertiary/aromatic N) is 1. The van der Waals surface area contributed by atoms with Crippen molar-refractivity contribution in [1.82, 2.24) is 4.90 Å². The largest absolute Gasteiger partial charge is 0.493 e. The molecule has 142 valence electrons. The molecule has 1 fully saturated rings. The van der Waals surface area contributed by atoms with Crippen LogP contribution in [0.1, 0.15) is 23.2 Å². The highest BCUT2D eigenvalue weighted by Crippen LogP contribution is 2.38. The molecule has 1 aliphatic rings. The summed E-state index contributed by atoms with van der Waals surface area (Å²) < 4.78 is 21.4. The van der Waals surface area contributed by atoms with Gasteiger partial charge in [-0.05, 0) is 25.0 Å². The van der Waals surface area contributed by atoms with E-state index in [0.29, 0.717) is 35.9 Å². The number of methoxy groups -OCH3 is 4. The van der Waals surface area contributed by atoms with Gasteiger partial charge in [-0.3, -0.25) is 4.79 Å². The second kappa shape index (κ2) is 9.70. The van der Waals surface area contributed by atoms with E-state index in [0.717, 1.165) is 12.8 Å². The van der Waals surface area contributed by atoms with Crippen molar-refractivity contribution in [3.63, 3.8) is 0 Å². The summed E-state index contributed by atoms with van der Waals surface area (Å²) in [6.45, 7) is 1.01. The molecule has 1 aromatic carbocycles. The third-order valence-corrected chi connectivity index (χ3v) is 4.45. The van der Waals surface area contributed by atoms with Crippen LogP contribution in [0.4, 0.5) is 0 Å². The third-order valence-electron chi connectivity index (χ3n) is 4.45. The van der Waals surface area contributed by atoms with E-state index in [4.69, 9.17) is 24.7 Å². The van der Waals surface area contributed by atoms with Crippen LogP contribution in [0.5, 0.6) is 17.2 Å². The number of amides is 1. The SMILES string of the molecule is COc1cc(C(=O)N2CCC(OC)CC2CN)cc(OC)c1OC.Cl. The second-order valence-electron chi connectivity index (χ2n) is 5.68. The number of rotatable bonds is 6. The lowest BCUT2D eigenvalue weighted by Gasteiger charge is -2.38. The smallest absolute Gasteiger partial charge is 0.254 e. The van der Waals surface area contributed by atoms with E-state index in [1.54, 1.807) is 24.1 Å². The molecule has 1 aromatic rings. The summed E-state index contributed by atoms with van der Waals surface area (Å²) >= 11 is 0. The van der Waals surface area contributed by atoms with E-state index in [2.05, 4.69) is 0 Å². The first-order valence-electron chi connectivity index (χ1n) is 7.93. The van der Waals surface area contributed by atoms with Crippen LogP contribution in [0, 0.1) is 0 Å². The number of carbonyl (C=O) groups excluding carboxylic acids is 1. The Morgan fingerprint density at radius 3 is 2.20 bits per heavy atom. The van der Waals surface area contributed by atoms with Gasteiger partial charge in [0.2, 0.25) is 5.75 Å². The highest BCUT2D eigenvalue weighted by Gasteiger charge is 2.32. The number of likely N-dealkylation sites (tertiary alicyclic amines) is 1. The minimum atomic E-state index is -0.0979. The number of benzene rings is 1. The first kappa shape index (κ1) is 21.3. The predicted octanol–water partition coefficient (Wildman–Crippen LogP) is 1.71. The Morgan fingerprint density at radius 1 is 1.16 bits per heavy atom. The monoisotopic (exact) mass is 374 g/mol. The van der Waals surface area contributed by atoms with Crippen molar-refractivity contribution in [3.8, 4) is 17.2 Å². The molecule has 2 unspecified atom stereocenters. The van der Waals surface area contributed by atoms with E-state index in [-0.39, 0.29) is 30.5 Å². The maximum Gasteiger partial charge on any atom is 0.254 e. The molecule has 2 rings (SSSR count). The van der Waals surface area contributed by atoms with Crippen LogP contribution in [0.3, 0.4) is 0 Å². The van der Waals surface area contributed by atoms with Crippen molar-refractivity contribution in [2.75, 3.05) is 41.5 Å². The number of hydrogen-bond donors (Lipinski definition) is 1. The summed E-state index contributed by atoms with van der Waals surface area (Å²) in [5.74, 6) is 1.27. The molecule has 25 heavy (non-hydrogen) atoms. The van der Waals surface area contributed by atoms with Gasteiger partial charge in [-0.2, -0.15) is 0 Å². The molecule has 2 N–H and O–H groups in total. The molecule has 1 amide bonds. The van der Waals surface area contributed by atoms with Crippen LogP contribution >= 0.6 is 12.4 Å². The van der Waals surface area contributed by atoms with Crippen molar-refractivity contribution in [2.24, 2.45) is 5.73 Å². The summed E-state index contributed by atoms with van der Waals surface area (Å²) in [5.41, 5.74) is 6.35. The molecule has 0 radical (unpaired) electrons. The van der Waals surface area contributed by atoms with Gasteiger partial charge in [0.15, 0.2) is 11.5 Å². The van der Waals surface area contributed by atoms with Crippen LogP contribution in [-0.2, 0) is 4.74 Å². The first-order valence-corrected chi connectivity index (χ1v) is 7.93. The van der Waals surface area contributed by atoms with Gasteiger partial charge >= 0.3 is 0 Å². The maximum absolute atomic E-state index is 13.0. The van der Waals surface area contributed by atoms with E-state index in [9.17, 15) is 4.79 Å². The molecule has 0 saturated carbocycles. The van der Waals surface area contributed by atoms with Gasteiger partial charge in [-0.1, -0.05) is 0 Å². The predicted molar refractivity (Wildman–Crippen MR) is 97.3 cm³/mol. The second-order valence-corrected chi connectivity index (χ2v) is 5.68. The molecule has 8 heteroatoms. The summed E-state index contributed by atoms with van der Waals surface area (Å²) in [6.07, 6.45) is 1.68. The maximum atomic E-state index is 13.0. The van der Waals surface area contributed by atoms with Crippen LogP contribution in [0.2, 0.25) is 0 Å². The minimum absolute atomic E-state index is 0. The fourth-order valence-electron chi connectivity index (χ4n) is 3.09. The number of ether oxygens (including phenoxy) is 4. The van der Waals surface area contributed by atoms with Crippen LogP contribution in [-0.4, -0.2) is 64.5 Å². The molecule has 0 bridgehead atoms. The van der Waals surface area contributed by atoms with Crippen molar-refractivity contribution in [3.05, 3.63) is 17.7 Å². The lowest BCUT2D eigenvalue weighted by atomic mass is 9.98. The van der Waals surface area contributed by atoms with Crippen molar-refractivity contribution in [2.45, 2.75) is 25.0 Å². The molecule has 1 heterocycles. The topological polar surface area (TPSA) is 83.2 Å². The Hall–Kier alpha value is -1.70. The summed E-state index contributed by atoms with van der Waals surface area (Å²) in [7, 11) is 6.27. The van der Waals surface area contributed by atoms with E-state index in [1.807, 2.05) is 0 Å². The standard InChI is InChI=1S/C17H26N2O5.ClH/c1-21-13-5-6-19(12(9-13)10-18)17(20)11-7-14(22-2)16(24-4)15(8-11)23-3;/h7-8,12-13H,5-6,9-10,18H2,1-4H3;1H. The Bertz CT molecular complexity index is 559. The molecular weight excluding hydrogens is 348 g/mol. The molecule has 1 aliphatic heterocycles. The summed E-state index contributed by atoms with van der Waals surface area (Å²) in [6, 6.07) is 3.29. The number of halogens is 1. The number of hydrogen-bond acceptors (Lipinski definition) is 6. The average Bonchev–Trinajstić information content (AvgIpc) is 2.65. The molecule has 0 spiro atoms. The van der Waals surface area contributed by atoms with Crippen LogP contribution in [0.15, 0.2) is 12.1 Å². The molecule has 2 atom stereocenters. The zero-order valence-electron chi connectivity index (χ0n) is 15.1. The van der Waals surface area contributed by atoms with Gasteiger partial charge in [0.1, 0.15) is 0 Å². The quantitative estimate of drug-likeness (QED) is 0.816. The van der Waals surface area contributed by atoms with Gasteiger partial charge in [0.25, 0.3) is 5.91 Å². The zero-order valence-corrected chi connectivity index (χ0v) is 15.9. The minimum Gasteiger partial charge on any atom is -0.493 e. The van der Waals surface area contributed by atoms with Gasteiger partial charge in [0, 0.05) is 31.8 Å². The van der Waals surface area contributed by atoms with Gasteiger partial charge in [0.05, 0.1) is 27.4 Å². The Labute approximate surface area is 154 Å². The first-order chi connectivity index (χ1) is 11.6. The molecular formula is C17H27ClN2O5. The van der Waals surface area contributed by atoms with Crippen molar-refractivity contribution < 1.29 is 23.7 Å². The Morgan fingerprint density at radius 2 is 1.76 bits per heavy atom. The highest BCUT2D eigenvalue weighted by molar-refractivity contribution is 5.96. The van der Waals surface area contributed by atoms with E-state index in [1.165, 1.54) is 21.3 Å². The van der Waals surface area contributed by atoms with Gasteiger partial charge in [-0.15, -0.1) is 12.4 Å². The highest BCUT2D eigenvalue weighted by atomic mass is 35.5. The van der Waals surface area contributed by atoms with Crippen LogP contribution < -0.4 is 19.9 Å². The average molecular weight is 375 g/mol. The number of nitrogens with two attached hydrogens (primary N) is 1. The number of carbonyl (C=O) groups is 1. The normalized spacial score (nSPS) is 19.8. The lowest BCUT2D eigenvalue weighted by Crippen LogP contribution is -2.51. The van der Waals surface area contributed by atoms with Crippen molar-refractivity contribution >= 4 is 18.3 Å². The molecule has 1 saturated heterocycles. The number of piperidine rings is 1. The molecule has 7 nitrogen and oxygen atoms in total. The zero-order chi connectivity index (χ0) is 17.7. The third kappa shape index (κ3) is 4.48. The molecule has 0 aromatic heterocycles. The fourth-order valence-corrected chi connectivity index (χ4v) is 3.09. The molecule has 0 aliphatic carbocycles. The van der Waals surface area contributed by atoms with Crippen molar-refractivity contribution in [1.29, 1.82) is 0 Å². The van der Waals surface area contributed by atoms with Gasteiger partial charge < -0.3 is 29.6 Å². The fraction of sp³-hybridized carbons (Fsp3) is 0.588.